The van der Waals surface area contributed by atoms with Crippen LogP contribution in [0.2, 0.25) is 0 Å². The van der Waals surface area contributed by atoms with Crippen molar-refractivity contribution >= 4 is 17.2 Å². The molecule has 2 aromatic rings. The third-order valence-corrected chi connectivity index (χ3v) is 5.38. The quantitative estimate of drug-likeness (QED) is 0.915. The van der Waals surface area contributed by atoms with Crippen molar-refractivity contribution in [3.63, 3.8) is 0 Å². The molecule has 0 unspecified atom stereocenters. The van der Waals surface area contributed by atoms with Gasteiger partial charge in [-0.15, -0.1) is 11.3 Å². The maximum absolute atomic E-state index is 12.7. The molecule has 0 aromatic carbocycles. The monoisotopic (exact) mass is 332 g/mol. The molecule has 1 amide bonds. The normalized spacial score (nSPS) is 19.1. The number of nitrogens with one attached hydrogen (secondary N) is 1. The lowest BCUT2D eigenvalue weighted by Gasteiger charge is -2.31. The maximum atomic E-state index is 12.7. The number of hydrogen-bond acceptors (Lipinski definition) is 4. The van der Waals surface area contributed by atoms with Gasteiger partial charge in [-0.25, -0.2) is 4.98 Å². The molecule has 124 valence electrons. The number of likely N-dealkylation sites (tertiary alicyclic amines) is 1. The summed E-state index contributed by atoms with van der Waals surface area (Å²) < 4.78 is 0. The molecule has 1 saturated heterocycles. The zero-order valence-corrected chi connectivity index (χ0v) is 15.0. The number of carbonyl (C=O) groups is 1. The number of carbonyl (C=O) groups excluding carboxylic acids is 1. The number of aromatic amines is 1. The second-order valence-corrected chi connectivity index (χ2v) is 8.58. The zero-order chi connectivity index (χ0) is 16.6. The van der Waals surface area contributed by atoms with E-state index in [9.17, 15) is 4.79 Å². The van der Waals surface area contributed by atoms with Crippen LogP contribution in [0.1, 0.15) is 65.6 Å². The van der Waals surface area contributed by atoms with Crippen molar-refractivity contribution in [1.29, 1.82) is 0 Å². The minimum absolute atomic E-state index is 0.0229. The van der Waals surface area contributed by atoms with Gasteiger partial charge in [-0.1, -0.05) is 20.8 Å². The largest absolute Gasteiger partial charge is 0.337 e. The van der Waals surface area contributed by atoms with Gasteiger partial charge in [0, 0.05) is 41.2 Å². The molecule has 0 radical (unpaired) electrons. The maximum Gasteiger partial charge on any atom is 0.274 e. The molecule has 3 heterocycles. The molecule has 0 spiro atoms. The summed E-state index contributed by atoms with van der Waals surface area (Å²) in [5.74, 6) is 0.377. The molecule has 2 aromatic heterocycles. The highest BCUT2D eigenvalue weighted by atomic mass is 32.1. The van der Waals surface area contributed by atoms with Crippen molar-refractivity contribution < 1.29 is 4.79 Å². The second kappa shape index (κ2) is 6.07. The minimum atomic E-state index is -0.0334. The van der Waals surface area contributed by atoms with Crippen LogP contribution in [0.15, 0.2) is 12.3 Å². The number of H-pyrrole nitrogens is 1. The molecule has 23 heavy (non-hydrogen) atoms. The predicted octanol–water partition coefficient (Wildman–Crippen LogP) is 3.49. The number of aromatic nitrogens is 3. The molecule has 1 atom stereocenters. The Balaban J connectivity index is 1.73. The number of nitrogens with zero attached hydrogens (tertiary/aromatic N) is 3. The Hall–Kier alpha value is -1.69. The van der Waals surface area contributed by atoms with E-state index in [2.05, 4.69) is 42.9 Å². The van der Waals surface area contributed by atoms with Crippen LogP contribution < -0.4 is 0 Å². The van der Waals surface area contributed by atoms with Crippen molar-refractivity contribution in [2.75, 3.05) is 13.1 Å². The number of hydrogen-bond donors (Lipinski definition) is 1. The van der Waals surface area contributed by atoms with Crippen molar-refractivity contribution in [3.05, 3.63) is 33.5 Å². The van der Waals surface area contributed by atoms with Gasteiger partial charge in [-0.3, -0.25) is 9.89 Å². The van der Waals surface area contributed by atoms with Gasteiger partial charge in [0.1, 0.15) is 5.69 Å². The molecular weight excluding hydrogens is 308 g/mol. The molecule has 0 aliphatic carbocycles. The van der Waals surface area contributed by atoms with Crippen molar-refractivity contribution in [2.45, 2.75) is 51.9 Å². The molecule has 1 fully saturated rings. The molecule has 5 nitrogen and oxygen atoms in total. The van der Waals surface area contributed by atoms with E-state index in [1.165, 1.54) is 4.88 Å². The van der Waals surface area contributed by atoms with Crippen LogP contribution in [0.3, 0.4) is 0 Å². The Kier molecular flexibility index (Phi) is 4.27. The zero-order valence-electron chi connectivity index (χ0n) is 14.2. The van der Waals surface area contributed by atoms with E-state index in [1.54, 1.807) is 11.3 Å². The number of rotatable bonds is 2. The lowest BCUT2D eigenvalue weighted by molar-refractivity contribution is 0.0701. The molecule has 1 N–H and O–H groups in total. The fourth-order valence-electron chi connectivity index (χ4n) is 2.90. The van der Waals surface area contributed by atoms with Crippen LogP contribution >= 0.6 is 11.3 Å². The molecular formula is C17H24N4OS. The SMILES string of the molecule is Cc1cnc([C@H]2CCCN(C(=O)c3cc(C(C)(C)C)[nH]n3)C2)s1. The lowest BCUT2D eigenvalue weighted by Crippen LogP contribution is -2.39. The Morgan fingerprint density at radius 2 is 2.22 bits per heavy atom. The summed E-state index contributed by atoms with van der Waals surface area (Å²) in [5, 5.41) is 8.38. The first kappa shape index (κ1) is 16.2. The standard InChI is InChI=1S/C17H24N4OS/c1-11-9-18-15(23-11)12-6-5-7-21(10-12)16(22)13-8-14(20-19-13)17(2,3)4/h8-9,12H,5-7,10H2,1-4H3,(H,19,20)/t12-/m0/s1. The summed E-state index contributed by atoms with van der Waals surface area (Å²) in [6.45, 7) is 9.94. The Bertz CT molecular complexity index is 698. The Labute approximate surface area is 141 Å². The summed E-state index contributed by atoms with van der Waals surface area (Å²) >= 11 is 1.74. The topological polar surface area (TPSA) is 61.9 Å². The Morgan fingerprint density at radius 1 is 1.43 bits per heavy atom. The van der Waals surface area contributed by atoms with Crippen LogP contribution in [0.5, 0.6) is 0 Å². The third-order valence-electron chi connectivity index (χ3n) is 4.30. The van der Waals surface area contributed by atoms with Gasteiger partial charge in [-0.2, -0.15) is 5.10 Å². The first-order valence-corrected chi connectivity index (χ1v) is 8.94. The molecule has 1 aliphatic rings. The van der Waals surface area contributed by atoms with Gasteiger partial charge in [0.25, 0.3) is 5.91 Å². The van der Waals surface area contributed by atoms with Crippen molar-refractivity contribution in [3.8, 4) is 0 Å². The number of aryl methyl sites for hydroxylation is 1. The highest BCUT2D eigenvalue weighted by Gasteiger charge is 2.29. The first-order chi connectivity index (χ1) is 10.8. The highest BCUT2D eigenvalue weighted by molar-refractivity contribution is 7.11. The first-order valence-electron chi connectivity index (χ1n) is 8.12. The van der Waals surface area contributed by atoms with Gasteiger partial charge in [-0.05, 0) is 25.8 Å². The smallest absolute Gasteiger partial charge is 0.274 e. The summed E-state index contributed by atoms with van der Waals surface area (Å²) in [4.78, 5) is 20.4. The van der Waals surface area contributed by atoms with Gasteiger partial charge in [0.15, 0.2) is 0 Å². The van der Waals surface area contributed by atoms with Gasteiger partial charge < -0.3 is 4.90 Å². The predicted molar refractivity (Wildman–Crippen MR) is 92.0 cm³/mol. The van der Waals surface area contributed by atoms with Crippen LogP contribution in [0, 0.1) is 6.92 Å². The minimum Gasteiger partial charge on any atom is -0.337 e. The molecule has 3 rings (SSSR count). The van der Waals surface area contributed by atoms with Gasteiger partial charge >= 0.3 is 0 Å². The van der Waals surface area contributed by atoms with E-state index in [1.807, 2.05) is 17.2 Å². The van der Waals surface area contributed by atoms with Gasteiger partial charge in [0.05, 0.1) is 5.01 Å². The number of amides is 1. The fourth-order valence-corrected chi connectivity index (χ4v) is 3.80. The average molecular weight is 332 g/mol. The van der Waals surface area contributed by atoms with Crippen LogP contribution in [0.4, 0.5) is 0 Å². The van der Waals surface area contributed by atoms with E-state index >= 15 is 0 Å². The van der Waals surface area contributed by atoms with Crippen LogP contribution in [0.25, 0.3) is 0 Å². The molecule has 0 bridgehead atoms. The summed E-state index contributed by atoms with van der Waals surface area (Å²) in [5.41, 5.74) is 1.48. The second-order valence-electron chi connectivity index (χ2n) is 7.32. The van der Waals surface area contributed by atoms with Crippen molar-refractivity contribution in [1.82, 2.24) is 20.1 Å². The third kappa shape index (κ3) is 3.47. The van der Waals surface area contributed by atoms with E-state index in [-0.39, 0.29) is 11.3 Å². The summed E-state index contributed by atoms with van der Waals surface area (Å²) in [6.07, 6.45) is 4.04. The average Bonchev–Trinajstić information content (AvgIpc) is 3.15. The molecule has 6 heteroatoms. The number of piperidine rings is 1. The van der Waals surface area contributed by atoms with E-state index in [4.69, 9.17) is 0 Å². The summed E-state index contributed by atoms with van der Waals surface area (Å²) in [7, 11) is 0. The van der Waals surface area contributed by atoms with Crippen LogP contribution in [-0.2, 0) is 5.41 Å². The van der Waals surface area contributed by atoms with E-state index < -0.39 is 0 Å². The van der Waals surface area contributed by atoms with E-state index in [0.29, 0.717) is 11.6 Å². The highest BCUT2D eigenvalue weighted by Crippen LogP contribution is 2.30. The molecule has 1 aliphatic heterocycles. The summed E-state index contributed by atoms with van der Waals surface area (Å²) in [6, 6.07) is 1.89. The Morgan fingerprint density at radius 3 is 2.83 bits per heavy atom. The number of thiazole rings is 1. The van der Waals surface area contributed by atoms with E-state index in [0.717, 1.165) is 36.6 Å². The van der Waals surface area contributed by atoms with Crippen LogP contribution in [-0.4, -0.2) is 39.1 Å². The van der Waals surface area contributed by atoms with Gasteiger partial charge in [0.2, 0.25) is 0 Å². The lowest BCUT2D eigenvalue weighted by atomic mass is 9.92. The molecule has 0 saturated carbocycles. The van der Waals surface area contributed by atoms with Crippen molar-refractivity contribution in [2.24, 2.45) is 0 Å². The fraction of sp³-hybridized carbons (Fsp3) is 0.588.